The van der Waals surface area contributed by atoms with Crippen LogP contribution in [-0.2, 0) is 33.2 Å². The van der Waals surface area contributed by atoms with Crippen LogP contribution in [0, 0.1) is 0 Å². The van der Waals surface area contributed by atoms with Gasteiger partial charge in [0, 0.05) is 6.42 Å². The molecule has 3 rings (SSSR count). The molecular formula is C73H125NO18. The fourth-order valence-corrected chi connectivity index (χ4v) is 11.4. The summed E-state index contributed by atoms with van der Waals surface area (Å²) in [6, 6.07) is -0.887. The fourth-order valence-electron chi connectivity index (χ4n) is 11.4. The van der Waals surface area contributed by atoms with Gasteiger partial charge in [0.2, 0.25) is 5.91 Å². The maximum Gasteiger partial charge on any atom is 0.220 e. The lowest BCUT2D eigenvalue weighted by Gasteiger charge is -2.48. The molecule has 0 spiro atoms. The van der Waals surface area contributed by atoms with Crippen molar-refractivity contribution in [3.63, 3.8) is 0 Å². The van der Waals surface area contributed by atoms with Crippen LogP contribution in [-0.4, -0.2) is 193 Å². The number of allylic oxidation sites excluding steroid dienone is 16. The Bertz CT molecular complexity index is 2040. The minimum Gasteiger partial charge on any atom is -0.394 e. The number of hydrogen-bond donors (Lipinski definition) is 12. The molecule has 19 heteroatoms. The molecular weight excluding hydrogens is 1180 g/mol. The first kappa shape index (κ1) is 82.9. The Labute approximate surface area is 552 Å². The molecule has 0 saturated carbocycles. The molecule has 3 aliphatic heterocycles. The van der Waals surface area contributed by atoms with E-state index in [1.54, 1.807) is 0 Å². The van der Waals surface area contributed by atoms with Gasteiger partial charge in [0.25, 0.3) is 0 Å². The van der Waals surface area contributed by atoms with Gasteiger partial charge in [-0.25, -0.2) is 0 Å². The number of ether oxygens (including phenoxy) is 6. The molecule has 3 aliphatic rings. The Morgan fingerprint density at radius 3 is 1.17 bits per heavy atom. The molecule has 0 bridgehead atoms. The van der Waals surface area contributed by atoms with Crippen LogP contribution in [0.5, 0.6) is 0 Å². The van der Waals surface area contributed by atoms with Crippen LogP contribution in [0.2, 0.25) is 0 Å². The average molecular weight is 1300 g/mol. The molecule has 1 amide bonds. The normalized spacial score (nSPS) is 28.3. The van der Waals surface area contributed by atoms with Gasteiger partial charge in [0.05, 0.1) is 38.6 Å². The standard InChI is InChI=1S/C73H125NO18/c1-3-5-7-9-11-12-13-14-15-16-17-18-19-20-21-22-23-24-25-26-27-28-29-30-31-32-33-34-35-36-37-38-39-40-41-42-43-44-45-47-49-51-61(79)74-56(57(78)50-48-46-10-8-6-4-2)55-87-71-67(85)64(82)69(59(53-76)89-71)92-73-68(86)65(83)70(60(54-77)90-73)91-72-66(84)63(81)62(80)58(52-75)88-72/h5,7,11-12,14-15,17-18,20-21,23-24,26-27,29-30,56-60,62-73,75-78,80-86H,3-4,6,8-10,13,16,19,22,25,28,31-55H2,1-2H3,(H,74,79)/b7-5-,12-11-,15-14-,18-17-,21-20-,24-23-,27-26-,30-29-. The molecule has 17 atom stereocenters. The molecule has 530 valence electrons. The van der Waals surface area contributed by atoms with E-state index in [1.807, 2.05) is 0 Å². The van der Waals surface area contributed by atoms with Gasteiger partial charge in [-0.2, -0.15) is 0 Å². The molecule has 12 N–H and O–H groups in total. The Balaban J connectivity index is 1.24. The van der Waals surface area contributed by atoms with Crippen LogP contribution in [0.25, 0.3) is 0 Å². The van der Waals surface area contributed by atoms with Crippen molar-refractivity contribution < 1.29 is 89.4 Å². The fraction of sp³-hybridized carbons (Fsp3) is 0.767. The summed E-state index contributed by atoms with van der Waals surface area (Å²) in [7, 11) is 0. The van der Waals surface area contributed by atoms with Gasteiger partial charge in [-0.1, -0.05) is 239 Å². The number of carbonyl (C=O) groups excluding carboxylic acids is 1. The van der Waals surface area contributed by atoms with Crippen molar-refractivity contribution in [3.05, 3.63) is 97.2 Å². The first-order valence-corrected chi connectivity index (χ1v) is 35.5. The van der Waals surface area contributed by atoms with Crippen LogP contribution >= 0.6 is 0 Å². The third-order valence-electron chi connectivity index (χ3n) is 17.2. The van der Waals surface area contributed by atoms with E-state index in [1.165, 1.54) is 83.5 Å². The van der Waals surface area contributed by atoms with E-state index in [-0.39, 0.29) is 18.9 Å². The van der Waals surface area contributed by atoms with Gasteiger partial charge in [-0.3, -0.25) is 4.79 Å². The van der Waals surface area contributed by atoms with Crippen molar-refractivity contribution in [2.45, 2.75) is 330 Å². The Kier molecular flexibility index (Phi) is 48.5. The number of rotatable bonds is 53. The molecule has 3 heterocycles. The first-order valence-electron chi connectivity index (χ1n) is 35.5. The predicted molar refractivity (Wildman–Crippen MR) is 360 cm³/mol. The van der Waals surface area contributed by atoms with Crippen molar-refractivity contribution in [2.24, 2.45) is 0 Å². The molecule has 0 aromatic rings. The van der Waals surface area contributed by atoms with Crippen LogP contribution in [0.3, 0.4) is 0 Å². The summed E-state index contributed by atoms with van der Waals surface area (Å²) in [5.74, 6) is -0.251. The predicted octanol–water partition coefficient (Wildman–Crippen LogP) is 9.66. The van der Waals surface area contributed by atoms with E-state index < -0.39 is 124 Å². The number of hydrogen-bond acceptors (Lipinski definition) is 18. The summed E-state index contributed by atoms with van der Waals surface area (Å²) in [6.07, 6.45) is 44.4. The molecule has 19 nitrogen and oxygen atoms in total. The minimum absolute atomic E-state index is 0.251. The number of carbonyl (C=O) groups is 1. The van der Waals surface area contributed by atoms with Crippen LogP contribution in [0.15, 0.2) is 97.2 Å². The number of unbranched alkanes of at least 4 members (excludes halogenated alkanes) is 21. The SMILES string of the molecule is CC/C=C\C/C=C\C/C=C\C/C=C\C/C=C\C/C=C\C/C=C\C/C=C\CCCCCCCCCCCCCCCCCCC(=O)NC(COC1OC(CO)C(OC2OC(CO)C(OC3OC(CO)C(O)C(O)C3O)C(O)C2O)C(O)C1O)C(O)CCCCCCCC. The molecule has 17 unspecified atom stereocenters. The van der Waals surface area contributed by atoms with Gasteiger partial charge < -0.3 is 89.9 Å². The van der Waals surface area contributed by atoms with E-state index >= 15 is 0 Å². The highest BCUT2D eigenvalue weighted by Crippen LogP contribution is 2.33. The highest BCUT2D eigenvalue weighted by Gasteiger charge is 2.53. The summed E-state index contributed by atoms with van der Waals surface area (Å²) in [5.41, 5.74) is 0. The van der Waals surface area contributed by atoms with Crippen LogP contribution in [0.1, 0.15) is 226 Å². The maximum atomic E-state index is 13.3. The molecule has 92 heavy (non-hydrogen) atoms. The zero-order valence-corrected chi connectivity index (χ0v) is 56.0. The Hall–Kier alpha value is -3.29. The second kappa shape index (κ2) is 53.8. The first-order chi connectivity index (χ1) is 44.8. The van der Waals surface area contributed by atoms with Gasteiger partial charge in [-0.15, -0.1) is 0 Å². The van der Waals surface area contributed by atoms with Crippen molar-refractivity contribution in [1.82, 2.24) is 5.32 Å². The lowest BCUT2D eigenvalue weighted by Crippen LogP contribution is -2.66. The summed E-state index contributed by atoms with van der Waals surface area (Å²) >= 11 is 0. The van der Waals surface area contributed by atoms with Crippen molar-refractivity contribution in [1.29, 1.82) is 0 Å². The van der Waals surface area contributed by atoms with E-state index in [9.17, 15) is 61.0 Å². The Morgan fingerprint density at radius 2 is 0.750 bits per heavy atom. The van der Waals surface area contributed by atoms with Crippen molar-refractivity contribution in [3.8, 4) is 0 Å². The number of amides is 1. The monoisotopic (exact) mass is 1300 g/mol. The third kappa shape index (κ3) is 35.1. The van der Waals surface area contributed by atoms with Crippen LogP contribution < -0.4 is 5.32 Å². The smallest absolute Gasteiger partial charge is 0.220 e. The molecule has 0 aromatic carbocycles. The van der Waals surface area contributed by atoms with E-state index in [0.717, 1.165) is 109 Å². The van der Waals surface area contributed by atoms with E-state index in [2.05, 4.69) is 116 Å². The number of nitrogens with one attached hydrogen (secondary N) is 1. The molecule has 0 aromatic heterocycles. The molecule has 3 saturated heterocycles. The lowest BCUT2D eigenvalue weighted by molar-refractivity contribution is -0.379. The molecule has 0 radical (unpaired) electrons. The minimum atomic E-state index is -1.97. The van der Waals surface area contributed by atoms with Crippen LogP contribution in [0.4, 0.5) is 0 Å². The zero-order chi connectivity index (χ0) is 66.8. The van der Waals surface area contributed by atoms with Gasteiger partial charge in [0.15, 0.2) is 18.9 Å². The highest BCUT2D eigenvalue weighted by atomic mass is 16.8. The summed E-state index contributed by atoms with van der Waals surface area (Å²) in [4.78, 5) is 13.3. The number of aliphatic hydroxyl groups is 11. The zero-order valence-electron chi connectivity index (χ0n) is 56.0. The van der Waals surface area contributed by atoms with Gasteiger partial charge >= 0.3 is 0 Å². The summed E-state index contributed by atoms with van der Waals surface area (Å²) < 4.78 is 34.2. The second-order valence-electron chi connectivity index (χ2n) is 25.0. The van der Waals surface area contributed by atoms with Crippen molar-refractivity contribution in [2.75, 3.05) is 26.4 Å². The Morgan fingerprint density at radius 1 is 0.402 bits per heavy atom. The highest BCUT2D eigenvalue weighted by molar-refractivity contribution is 5.76. The van der Waals surface area contributed by atoms with Gasteiger partial charge in [-0.05, 0) is 77.0 Å². The molecule has 0 aliphatic carbocycles. The maximum absolute atomic E-state index is 13.3. The quantitative estimate of drug-likeness (QED) is 0.0199. The third-order valence-corrected chi connectivity index (χ3v) is 17.2. The second-order valence-corrected chi connectivity index (χ2v) is 25.0. The van der Waals surface area contributed by atoms with Gasteiger partial charge in [0.1, 0.15) is 73.2 Å². The average Bonchev–Trinajstić information content (AvgIpc) is 0.817. The summed E-state index contributed by atoms with van der Waals surface area (Å²) in [6.45, 7) is 1.58. The van der Waals surface area contributed by atoms with E-state index in [4.69, 9.17) is 28.4 Å². The largest absolute Gasteiger partial charge is 0.394 e. The van der Waals surface area contributed by atoms with Crippen molar-refractivity contribution >= 4 is 5.91 Å². The lowest BCUT2D eigenvalue weighted by atomic mass is 9.96. The topological polar surface area (TPSA) is 307 Å². The summed E-state index contributed by atoms with van der Waals surface area (Å²) in [5, 5.41) is 120. The van der Waals surface area contributed by atoms with E-state index in [0.29, 0.717) is 12.8 Å². The molecule has 3 fully saturated rings. The number of aliphatic hydroxyl groups excluding tert-OH is 11.